The molecule has 0 bridgehead atoms. The molecule has 0 amide bonds. The topological polar surface area (TPSA) is 9.23 Å². The molecule has 0 spiro atoms. The van der Waals surface area contributed by atoms with Crippen LogP contribution in [-0.4, -0.2) is 13.2 Å². The molecule has 1 aliphatic rings. The van der Waals surface area contributed by atoms with E-state index in [0.29, 0.717) is 0 Å². The minimum Gasteiger partial charge on any atom is -0.376 e. The minimum absolute atomic E-state index is 0.808. The molecule has 12 heavy (non-hydrogen) atoms. The van der Waals surface area contributed by atoms with Crippen LogP contribution in [0.2, 0.25) is 0 Å². The predicted octanol–water partition coefficient (Wildman–Crippen LogP) is 3.08. The van der Waals surface area contributed by atoms with Crippen LogP contribution in [0.25, 0.3) is 0 Å². The Hall–Kier alpha value is -0.560. The Kier molecular flexibility index (Phi) is 3.10. The number of hydrogen-bond donors (Lipinski definition) is 0. The van der Waals surface area contributed by atoms with Gasteiger partial charge in [-0.15, -0.1) is 0 Å². The van der Waals surface area contributed by atoms with Crippen molar-refractivity contribution in [3.8, 4) is 0 Å². The Balaban J connectivity index is 2.98. The quantitative estimate of drug-likeness (QED) is 0.537. The van der Waals surface area contributed by atoms with E-state index in [0.717, 1.165) is 19.6 Å². The van der Waals surface area contributed by atoms with Gasteiger partial charge >= 0.3 is 0 Å². The molecule has 1 heteroatoms. The lowest BCUT2D eigenvalue weighted by Gasteiger charge is -2.22. The Labute approximate surface area is 75.1 Å². The fourth-order valence-electron chi connectivity index (χ4n) is 1.58. The van der Waals surface area contributed by atoms with Crippen LogP contribution in [0.4, 0.5) is 0 Å². The molecule has 1 saturated heterocycles. The maximum Gasteiger partial charge on any atom is 0.0719 e. The van der Waals surface area contributed by atoms with Crippen molar-refractivity contribution in [3.63, 3.8) is 0 Å². The summed E-state index contributed by atoms with van der Waals surface area (Å²) in [7, 11) is 0. The van der Waals surface area contributed by atoms with Gasteiger partial charge in [0.25, 0.3) is 0 Å². The summed E-state index contributed by atoms with van der Waals surface area (Å²) in [4.78, 5) is 0. The van der Waals surface area contributed by atoms with Gasteiger partial charge in [0.2, 0.25) is 0 Å². The summed E-state index contributed by atoms with van der Waals surface area (Å²) in [6.07, 6.45) is 1.09. The van der Waals surface area contributed by atoms with Crippen molar-refractivity contribution in [1.29, 1.82) is 0 Å². The van der Waals surface area contributed by atoms with Crippen molar-refractivity contribution < 1.29 is 4.74 Å². The van der Waals surface area contributed by atoms with E-state index < -0.39 is 0 Å². The molecule has 0 radical (unpaired) electrons. The molecule has 1 aliphatic heterocycles. The summed E-state index contributed by atoms with van der Waals surface area (Å²) in [5.74, 6) is 0. The highest BCUT2D eigenvalue weighted by molar-refractivity contribution is 5.38. The van der Waals surface area contributed by atoms with Gasteiger partial charge in [0, 0.05) is 0 Å². The molecule has 1 fully saturated rings. The highest BCUT2D eigenvalue weighted by Gasteiger charge is 2.13. The fraction of sp³-hybridized carbons (Fsp3) is 0.636. The van der Waals surface area contributed by atoms with Gasteiger partial charge < -0.3 is 4.74 Å². The zero-order chi connectivity index (χ0) is 9.14. The molecule has 0 aromatic rings. The van der Waals surface area contributed by atoms with Gasteiger partial charge in [-0.1, -0.05) is 11.1 Å². The molecule has 0 aromatic carbocycles. The molecule has 1 nitrogen and oxygen atoms in total. The molecule has 0 unspecified atom stereocenters. The zero-order valence-electron chi connectivity index (χ0n) is 8.53. The van der Waals surface area contributed by atoms with Gasteiger partial charge in [0.05, 0.1) is 13.2 Å². The molecule has 0 aliphatic carbocycles. The summed E-state index contributed by atoms with van der Waals surface area (Å²) in [5, 5.41) is 0. The number of hydrogen-bond acceptors (Lipinski definition) is 1. The largest absolute Gasteiger partial charge is 0.376 e. The third-order valence-corrected chi connectivity index (χ3v) is 2.31. The van der Waals surface area contributed by atoms with Crippen LogP contribution in [0.5, 0.6) is 0 Å². The van der Waals surface area contributed by atoms with Crippen molar-refractivity contribution in [1.82, 2.24) is 0 Å². The summed E-state index contributed by atoms with van der Waals surface area (Å²) in [6.45, 7) is 10.4. The highest BCUT2D eigenvalue weighted by atomic mass is 16.5. The van der Waals surface area contributed by atoms with E-state index in [4.69, 9.17) is 4.74 Å². The smallest absolute Gasteiger partial charge is 0.0719 e. The summed E-state index contributed by atoms with van der Waals surface area (Å²) >= 11 is 0. The first kappa shape index (κ1) is 9.53. The normalized spacial score (nSPS) is 18.0. The van der Waals surface area contributed by atoms with Crippen molar-refractivity contribution in [2.45, 2.75) is 34.1 Å². The van der Waals surface area contributed by atoms with E-state index in [2.05, 4.69) is 27.7 Å². The average molecular weight is 166 g/mol. The van der Waals surface area contributed by atoms with Gasteiger partial charge in [-0.3, -0.25) is 0 Å². The number of rotatable bonds is 0. The predicted molar refractivity (Wildman–Crippen MR) is 52.2 cm³/mol. The first-order chi connectivity index (χ1) is 5.63. The van der Waals surface area contributed by atoms with Crippen LogP contribution in [0.1, 0.15) is 34.1 Å². The van der Waals surface area contributed by atoms with Crippen molar-refractivity contribution in [3.05, 3.63) is 22.3 Å². The SMILES string of the molecule is CC(C)=C1CCOCC1=C(C)C. The molecule has 1 heterocycles. The van der Waals surface area contributed by atoms with Crippen molar-refractivity contribution >= 4 is 0 Å². The maximum absolute atomic E-state index is 5.43. The van der Waals surface area contributed by atoms with E-state index in [1.807, 2.05) is 0 Å². The van der Waals surface area contributed by atoms with Gasteiger partial charge in [-0.2, -0.15) is 0 Å². The van der Waals surface area contributed by atoms with Crippen LogP contribution in [0.15, 0.2) is 22.3 Å². The Bertz CT molecular complexity index is 199. The van der Waals surface area contributed by atoms with Gasteiger partial charge in [0.1, 0.15) is 0 Å². The standard InChI is InChI=1S/C11H18O/c1-8(2)10-5-6-12-7-11(10)9(3)4/h5-7H2,1-4H3. The maximum atomic E-state index is 5.43. The monoisotopic (exact) mass is 166 g/mol. The molecule has 0 atom stereocenters. The van der Waals surface area contributed by atoms with E-state index in [1.165, 1.54) is 22.3 Å². The lowest BCUT2D eigenvalue weighted by atomic mass is 9.94. The Morgan fingerprint density at radius 1 is 1.00 bits per heavy atom. The van der Waals surface area contributed by atoms with Crippen LogP contribution < -0.4 is 0 Å². The summed E-state index contributed by atoms with van der Waals surface area (Å²) in [6, 6.07) is 0. The lowest BCUT2D eigenvalue weighted by Crippen LogP contribution is -2.13. The van der Waals surface area contributed by atoms with E-state index >= 15 is 0 Å². The second-order valence-corrected chi connectivity index (χ2v) is 3.76. The summed E-state index contributed by atoms with van der Waals surface area (Å²) < 4.78 is 5.43. The second-order valence-electron chi connectivity index (χ2n) is 3.76. The average Bonchev–Trinajstić information content (AvgIpc) is 2.04. The van der Waals surface area contributed by atoms with Crippen molar-refractivity contribution in [2.75, 3.05) is 13.2 Å². The fourth-order valence-corrected chi connectivity index (χ4v) is 1.58. The van der Waals surface area contributed by atoms with Crippen molar-refractivity contribution in [2.24, 2.45) is 0 Å². The van der Waals surface area contributed by atoms with E-state index in [9.17, 15) is 0 Å². The third-order valence-electron chi connectivity index (χ3n) is 2.31. The third kappa shape index (κ3) is 1.98. The molecule has 0 aromatic heterocycles. The highest BCUT2D eigenvalue weighted by Crippen LogP contribution is 2.25. The number of allylic oxidation sites excluding steroid dienone is 2. The van der Waals surface area contributed by atoms with Gasteiger partial charge in [-0.05, 0) is 45.3 Å². The van der Waals surface area contributed by atoms with Crippen LogP contribution in [0.3, 0.4) is 0 Å². The van der Waals surface area contributed by atoms with Gasteiger partial charge in [-0.25, -0.2) is 0 Å². The van der Waals surface area contributed by atoms with E-state index in [-0.39, 0.29) is 0 Å². The molecule has 0 N–H and O–H groups in total. The van der Waals surface area contributed by atoms with Crippen LogP contribution >= 0.6 is 0 Å². The Morgan fingerprint density at radius 3 is 2.00 bits per heavy atom. The molecular weight excluding hydrogens is 148 g/mol. The zero-order valence-corrected chi connectivity index (χ0v) is 8.53. The number of ether oxygens (including phenoxy) is 1. The molecule has 68 valence electrons. The molecular formula is C11H18O. The first-order valence-electron chi connectivity index (χ1n) is 4.53. The minimum atomic E-state index is 0.808. The Morgan fingerprint density at radius 2 is 1.58 bits per heavy atom. The lowest BCUT2D eigenvalue weighted by molar-refractivity contribution is 0.144. The van der Waals surface area contributed by atoms with E-state index in [1.54, 1.807) is 0 Å². The van der Waals surface area contributed by atoms with Crippen LogP contribution in [-0.2, 0) is 4.74 Å². The van der Waals surface area contributed by atoms with Crippen LogP contribution in [0, 0.1) is 0 Å². The van der Waals surface area contributed by atoms with Gasteiger partial charge in [0.15, 0.2) is 0 Å². The second kappa shape index (κ2) is 3.90. The first-order valence-corrected chi connectivity index (χ1v) is 4.53. The summed E-state index contributed by atoms with van der Waals surface area (Å²) in [5.41, 5.74) is 5.77. The molecule has 0 saturated carbocycles. The molecule has 1 rings (SSSR count).